The van der Waals surface area contributed by atoms with Gasteiger partial charge in [-0.2, -0.15) is 0 Å². The number of hydrogen-bond donors (Lipinski definition) is 0. The zero-order valence-corrected chi connectivity index (χ0v) is 10.7. The van der Waals surface area contributed by atoms with E-state index in [0.717, 1.165) is 5.92 Å². The molecule has 2 aliphatic rings. The lowest BCUT2D eigenvalue weighted by Crippen LogP contribution is -2.09. The molecule has 0 heterocycles. The van der Waals surface area contributed by atoms with E-state index in [2.05, 4.69) is 51.2 Å². The van der Waals surface area contributed by atoms with Crippen molar-refractivity contribution in [1.82, 2.24) is 0 Å². The van der Waals surface area contributed by atoms with Crippen LogP contribution in [0.25, 0.3) is 0 Å². The smallest absolute Gasteiger partial charge is 0.0153 e. The van der Waals surface area contributed by atoms with E-state index < -0.39 is 0 Å². The zero-order valence-electron chi connectivity index (χ0n) is 10.7. The lowest BCUT2D eigenvalue weighted by Gasteiger charge is -2.24. The summed E-state index contributed by atoms with van der Waals surface area (Å²) in [5, 5.41) is 0. The van der Waals surface area contributed by atoms with Crippen molar-refractivity contribution < 1.29 is 0 Å². The van der Waals surface area contributed by atoms with E-state index in [1.807, 2.05) is 0 Å². The van der Waals surface area contributed by atoms with Gasteiger partial charge in [0, 0.05) is 0 Å². The second-order valence-corrected chi connectivity index (χ2v) is 5.15. The molecule has 86 valence electrons. The molecule has 0 aromatic heterocycles. The number of hydrogen-bond acceptors (Lipinski definition) is 0. The van der Waals surface area contributed by atoms with Gasteiger partial charge < -0.3 is 0 Å². The molecule has 2 rings (SSSR count). The fourth-order valence-electron chi connectivity index (χ4n) is 2.78. The van der Waals surface area contributed by atoms with Gasteiger partial charge in [-0.15, -0.1) is 0 Å². The van der Waals surface area contributed by atoms with Crippen LogP contribution in [0.4, 0.5) is 0 Å². The van der Waals surface area contributed by atoms with Crippen molar-refractivity contribution in [2.75, 3.05) is 0 Å². The first-order chi connectivity index (χ1) is 7.70. The maximum atomic E-state index is 2.35. The van der Waals surface area contributed by atoms with Crippen LogP contribution in [0.3, 0.4) is 0 Å². The van der Waals surface area contributed by atoms with Gasteiger partial charge in [0.25, 0.3) is 0 Å². The van der Waals surface area contributed by atoms with Crippen molar-refractivity contribution in [2.24, 2.45) is 11.8 Å². The molecule has 0 saturated carbocycles. The Morgan fingerprint density at radius 1 is 1.19 bits per heavy atom. The number of rotatable bonds is 1. The third-order valence-corrected chi connectivity index (χ3v) is 3.89. The van der Waals surface area contributed by atoms with Crippen molar-refractivity contribution in [3.05, 3.63) is 47.1 Å². The van der Waals surface area contributed by atoms with Crippen LogP contribution in [0, 0.1) is 11.8 Å². The van der Waals surface area contributed by atoms with Gasteiger partial charge in [0.1, 0.15) is 0 Å². The monoisotopic (exact) mass is 214 g/mol. The van der Waals surface area contributed by atoms with Crippen LogP contribution in [-0.2, 0) is 0 Å². The van der Waals surface area contributed by atoms with Crippen LogP contribution in [0.2, 0.25) is 0 Å². The van der Waals surface area contributed by atoms with E-state index in [-0.39, 0.29) is 0 Å². The van der Waals surface area contributed by atoms with Crippen molar-refractivity contribution in [3.63, 3.8) is 0 Å². The van der Waals surface area contributed by atoms with E-state index in [9.17, 15) is 0 Å². The summed E-state index contributed by atoms with van der Waals surface area (Å²) in [6, 6.07) is 0. The van der Waals surface area contributed by atoms with Crippen molar-refractivity contribution in [1.29, 1.82) is 0 Å². The summed E-state index contributed by atoms with van der Waals surface area (Å²) in [5.41, 5.74) is 4.61. The topological polar surface area (TPSA) is 0 Å². The Morgan fingerprint density at radius 2 is 2.00 bits per heavy atom. The van der Waals surface area contributed by atoms with Crippen LogP contribution in [0.15, 0.2) is 47.1 Å². The van der Waals surface area contributed by atoms with Crippen molar-refractivity contribution >= 4 is 0 Å². The fraction of sp³-hybridized carbons (Fsp3) is 0.500. The van der Waals surface area contributed by atoms with Gasteiger partial charge in [-0.05, 0) is 54.7 Å². The van der Waals surface area contributed by atoms with Crippen LogP contribution in [-0.4, -0.2) is 0 Å². The first kappa shape index (κ1) is 11.4. The largest absolute Gasteiger partial charge is 0.0842 e. The Hall–Kier alpha value is -1.04. The molecule has 0 amide bonds. The highest BCUT2D eigenvalue weighted by atomic mass is 14.2. The second-order valence-electron chi connectivity index (χ2n) is 5.15. The molecule has 0 spiro atoms. The summed E-state index contributed by atoms with van der Waals surface area (Å²) in [5.74, 6) is 1.41. The number of allylic oxidation sites excluding steroid dienone is 8. The molecule has 0 heteroatoms. The van der Waals surface area contributed by atoms with E-state index in [1.165, 1.54) is 30.4 Å². The van der Waals surface area contributed by atoms with E-state index in [1.54, 1.807) is 5.57 Å². The average molecular weight is 214 g/mol. The maximum Gasteiger partial charge on any atom is -0.0153 e. The van der Waals surface area contributed by atoms with Gasteiger partial charge in [0.05, 0.1) is 0 Å². The minimum Gasteiger partial charge on any atom is -0.0842 e. The molecule has 2 unspecified atom stereocenters. The highest BCUT2D eigenvalue weighted by Gasteiger charge is 2.18. The van der Waals surface area contributed by atoms with E-state index in [0.29, 0.717) is 5.92 Å². The standard InChI is InChI=1S/C16H22/c1-12-8-4-6-10-15(12)14(3)16-11-7-5-9-13(16)2/h4,6-7,10-13H,5,8-9H2,1-3H3/b16-14-. The predicted octanol–water partition coefficient (Wildman–Crippen LogP) is 4.81. The molecule has 0 fully saturated rings. The zero-order chi connectivity index (χ0) is 11.5. The van der Waals surface area contributed by atoms with E-state index in [4.69, 9.17) is 0 Å². The maximum absolute atomic E-state index is 2.35. The molecule has 0 nitrogen and oxygen atoms in total. The Labute approximate surface area is 99.4 Å². The molecule has 0 aliphatic heterocycles. The molecule has 0 aromatic rings. The SMILES string of the molecule is C/C(C1=CC=CCC1C)=C1\C=CCCC1C. The van der Waals surface area contributed by atoms with Gasteiger partial charge in [0.2, 0.25) is 0 Å². The van der Waals surface area contributed by atoms with Gasteiger partial charge >= 0.3 is 0 Å². The Kier molecular flexibility index (Phi) is 3.48. The average Bonchev–Trinajstić information content (AvgIpc) is 2.29. The summed E-state index contributed by atoms with van der Waals surface area (Å²) in [6.45, 7) is 6.98. The molecule has 2 aliphatic carbocycles. The molecule has 0 aromatic carbocycles. The summed E-state index contributed by atoms with van der Waals surface area (Å²) in [6.07, 6.45) is 15.2. The predicted molar refractivity (Wildman–Crippen MR) is 71.2 cm³/mol. The summed E-state index contributed by atoms with van der Waals surface area (Å²) in [7, 11) is 0. The third-order valence-electron chi connectivity index (χ3n) is 3.89. The summed E-state index contributed by atoms with van der Waals surface area (Å²) < 4.78 is 0. The molecular formula is C16H22. The Bertz CT molecular complexity index is 377. The summed E-state index contributed by atoms with van der Waals surface area (Å²) >= 11 is 0. The van der Waals surface area contributed by atoms with Crippen LogP contribution >= 0.6 is 0 Å². The van der Waals surface area contributed by atoms with Crippen LogP contribution in [0.1, 0.15) is 40.0 Å². The normalized spacial score (nSPS) is 32.6. The molecule has 0 saturated heterocycles. The molecule has 2 atom stereocenters. The van der Waals surface area contributed by atoms with Crippen LogP contribution < -0.4 is 0 Å². The van der Waals surface area contributed by atoms with Crippen molar-refractivity contribution in [2.45, 2.75) is 40.0 Å². The molecular weight excluding hydrogens is 192 g/mol. The third kappa shape index (κ3) is 2.21. The molecule has 0 N–H and O–H groups in total. The second kappa shape index (κ2) is 4.86. The first-order valence-electron chi connectivity index (χ1n) is 6.44. The molecule has 0 bridgehead atoms. The van der Waals surface area contributed by atoms with Gasteiger partial charge in [-0.1, -0.05) is 44.2 Å². The highest BCUT2D eigenvalue weighted by Crippen LogP contribution is 2.33. The lowest BCUT2D eigenvalue weighted by atomic mass is 9.81. The fourth-order valence-corrected chi connectivity index (χ4v) is 2.78. The van der Waals surface area contributed by atoms with Gasteiger partial charge in [0.15, 0.2) is 0 Å². The van der Waals surface area contributed by atoms with E-state index >= 15 is 0 Å². The quantitative estimate of drug-likeness (QED) is 0.587. The molecule has 16 heavy (non-hydrogen) atoms. The first-order valence-corrected chi connectivity index (χ1v) is 6.44. The minimum atomic E-state index is 0.681. The highest BCUT2D eigenvalue weighted by molar-refractivity contribution is 5.44. The summed E-state index contributed by atoms with van der Waals surface area (Å²) in [4.78, 5) is 0. The molecule has 0 radical (unpaired) electrons. The minimum absolute atomic E-state index is 0.681. The van der Waals surface area contributed by atoms with Crippen molar-refractivity contribution in [3.8, 4) is 0 Å². The van der Waals surface area contributed by atoms with Gasteiger partial charge in [-0.3, -0.25) is 0 Å². The van der Waals surface area contributed by atoms with Crippen LogP contribution in [0.5, 0.6) is 0 Å². The Balaban J connectivity index is 2.35. The lowest BCUT2D eigenvalue weighted by molar-refractivity contribution is 0.606. The van der Waals surface area contributed by atoms with Gasteiger partial charge in [-0.25, -0.2) is 0 Å². The Morgan fingerprint density at radius 3 is 2.69 bits per heavy atom.